The number of hydrogen-bond acceptors (Lipinski definition) is 4. The number of nitrogens with two attached hydrogens (primary N) is 1. The van der Waals surface area contributed by atoms with Gasteiger partial charge in [0.05, 0.1) is 11.7 Å². The molecule has 0 aliphatic carbocycles. The van der Waals surface area contributed by atoms with E-state index in [2.05, 4.69) is 0 Å². The molecule has 0 spiro atoms. The van der Waals surface area contributed by atoms with Gasteiger partial charge in [0.1, 0.15) is 6.10 Å². The number of carboxylic acid groups (broad SMARTS) is 1. The number of alkyl halides is 1. The number of hydrogen-bond donors (Lipinski definition) is 4. The van der Waals surface area contributed by atoms with Gasteiger partial charge in [0.2, 0.25) is 0 Å². The minimum atomic E-state index is -1.20. The van der Waals surface area contributed by atoms with Gasteiger partial charge in [-0.25, -0.2) is 4.79 Å². The van der Waals surface area contributed by atoms with Crippen molar-refractivity contribution in [2.45, 2.75) is 18.6 Å². The average molecular weight is 260 g/mol. The Balaban J connectivity index is 3.01. The summed E-state index contributed by atoms with van der Waals surface area (Å²) < 4.78 is 0. The molecular formula is C11H14ClNO4. The zero-order valence-electron chi connectivity index (χ0n) is 9.01. The zero-order valence-corrected chi connectivity index (χ0v) is 9.76. The molecule has 0 radical (unpaired) electrons. The summed E-state index contributed by atoms with van der Waals surface area (Å²) in [6.07, 6.45) is -2.04. The Bertz CT molecular complexity index is 410. The van der Waals surface area contributed by atoms with E-state index in [1.165, 1.54) is 18.2 Å². The van der Waals surface area contributed by atoms with Crippen LogP contribution in [0.5, 0.6) is 0 Å². The Hall–Kier alpha value is -1.30. The molecule has 2 unspecified atom stereocenters. The number of aliphatic hydroxyl groups is 2. The van der Waals surface area contributed by atoms with Crippen LogP contribution in [0.4, 0.5) is 5.69 Å². The van der Waals surface area contributed by atoms with Crippen molar-refractivity contribution >= 4 is 23.3 Å². The minimum Gasteiger partial charge on any atom is -0.478 e. The lowest BCUT2D eigenvalue weighted by Crippen LogP contribution is -2.19. The zero-order chi connectivity index (χ0) is 13.0. The van der Waals surface area contributed by atoms with Gasteiger partial charge in [-0.05, 0) is 30.2 Å². The van der Waals surface area contributed by atoms with Gasteiger partial charge in [-0.15, -0.1) is 11.6 Å². The number of rotatable bonds is 5. The van der Waals surface area contributed by atoms with Crippen molar-refractivity contribution in [3.05, 3.63) is 29.3 Å². The molecule has 0 bridgehead atoms. The van der Waals surface area contributed by atoms with Crippen LogP contribution in [0, 0.1) is 0 Å². The third-order valence-electron chi connectivity index (χ3n) is 2.34. The molecule has 0 saturated heterocycles. The van der Waals surface area contributed by atoms with Crippen molar-refractivity contribution < 1.29 is 20.1 Å². The second kappa shape index (κ2) is 5.86. The van der Waals surface area contributed by atoms with Gasteiger partial charge in [0.15, 0.2) is 0 Å². The van der Waals surface area contributed by atoms with E-state index in [9.17, 15) is 15.0 Å². The molecule has 5 N–H and O–H groups in total. The molecule has 0 fully saturated rings. The van der Waals surface area contributed by atoms with Crippen LogP contribution < -0.4 is 5.73 Å². The molecule has 0 heterocycles. The first-order chi connectivity index (χ1) is 7.95. The van der Waals surface area contributed by atoms with Crippen molar-refractivity contribution in [3.63, 3.8) is 0 Å². The fraction of sp³-hybridized carbons (Fsp3) is 0.364. The largest absolute Gasteiger partial charge is 0.478 e. The third-order valence-corrected chi connectivity index (χ3v) is 2.55. The number of carbonyl (C=O) groups is 1. The van der Waals surface area contributed by atoms with E-state index < -0.39 is 18.2 Å². The molecule has 1 aromatic rings. The van der Waals surface area contributed by atoms with Gasteiger partial charge >= 0.3 is 5.97 Å². The fourth-order valence-electron chi connectivity index (χ4n) is 1.46. The highest BCUT2D eigenvalue weighted by atomic mass is 35.5. The number of aromatic carboxylic acids is 1. The Morgan fingerprint density at radius 1 is 1.35 bits per heavy atom. The lowest BCUT2D eigenvalue weighted by atomic mass is 10.00. The lowest BCUT2D eigenvalue weighted by Gasteiger charge is -2.18. The van der Waals surface area contributed by atoms with Crippen molar-refractivity contribution in [2.75, 3.05) is 11.6 Å². The first kappa shape index (κ1) is 13.8. The SMILES string of the molecule is Nc1cc(C(=O)O)cc(C(O)C(O)CCCl)c1. The Kier molecular flexibility index (Phi) is 4.74. The van der Waals surface area contributed by atoms with E-state index in [1.807, 2.05) is 0 Å². The molecule has 17 heavy (non-hydrogen) atoms. The van der Waals surface area contributed by atoms with Crippen LogP contribution in [0.3, 0.4) is 0 Å². The van der Waals surface area contributed by atoms with Crippen molar-refractivity contribution in [2.24, 2.45) is 0 Å². The second-order valence-corrected chi connectivity index (χ2v) is 4.06. The highest BCUT2D eigenvalue weighted by Gasteiger charge is 2.19. The van der Waals surface area contributed by atoms with Crippen LogP contribution in [0.2, 0.25) is 0 Å². The van der Waals surface area contributed by atoms with Gasteiger partial charge in [0.25, 0.3) is 0 Å². The molecule has 2 atom stereocenters. The fourth-order valence-corrected chi connectivity index (χ4v) is 1.69. The normalized spacial score (nSPS) is 14.3. The van der Waals surface area contributed by atoms with Gasteiger partial charge in [0, 0.05) is 11.6 Å². The van der Waals surface area contributed by atoms with Crippen LogP contribution >= 0.6 is 11.6 Å². The summed E-state index contributed by atoms with van der Waals surface area (Å²) in [7, 11) is 0. The van der Waals surface area contributed by atoms with E-state index in [-0.39, 0.29) is 29.1 Å². The van der Waals surface area contributed by atoms with E-state index in [0.717, 1.165) is 0 Å². The first-order valence-electron chi connectivity index (χ1n) is 5.01. The Morgan fingerprint density at radius 2 is 2.00 bits per heavy atom. The lowest BCUT2D eigenvalue weighted by molar-refractivity contribution is 0.0169. The minimum absolute atomic E-state index is 0.0304. The second-order valence-electron chi connectivity index (χ2n) is 3.68. The Labute approximate surface area is 103 Å². The number of carboxylic acids is 1. The summed E-state index contributed by atoms with van der Waals surface area (Å²) in [5.74, 6) is -0.940. The molecule has 0 aromatic heterocycles. The predicted molar refractivity (Wildman–Crippen MR) is 64.1 cm³/mol. The highest BCUT2D eigenvalue weighted by Crippen LogP contribution is 2.23. The topological polar surface area (TPSA) is 104 Å². The molecule has 94 valence electrons. The smallest absolute Gasteiger partial charge is 0.335 e. The number of nitrogen functional groups attached to an aromatic ring is 1. The number of aliphatic hydroxyl groups excluding tert-OH is 2. The van der Waals surface area contributed by atoms with Crippen molar-refractivity contribution in [1.82, 2.24) is 0 Å². The maximum absolute atomic E-state index is 10.8. The van der Waals surface area contributed by atoms with E-state index >= 15 is 0 Å². The third kappa shape index (κ3) is 3.59. The van der Waals surface area contributed by atoms with Gasteiger partial charge < -0.3 is 21.1 Å². The van der Waals surface area contributed by atoms with Crippen molar-refractivity contribution in [3.8, 4) is 0 Å². The predicted octanol–water partition coefficient (Wildman–Crippen LogP) is 0.990. The summed E-state index contributed by atoms with van der Waals surface area (Å²) in [6, 6.07) is 3.99. The average Bonchev–Trinajstić information content (AvgIpc) is 2.27. The molecule has 0 aliphatic heterocycles. The first-order valence-corrected chi connectivity index (χ1v) is 5.55. The molecule has 1 rings (SSSR count). The molecule has 5 nitrogen and oxygen atoms in total. The standard InChI is InChI=1S/C11H14ClNO4/c12-2-1-9(14)10(15)6-3-7(11(16)17)5-8(13)4-6/h3-5,9-10,14-15H,1-2,13H2,(H,16,17). The molecular weight excluding hydrogens is 246 g/mol. The summed E-state index contributed by atoms with van der Waals surface area (Å²) in [4.78, 5) is 10.8. The maximum atomic E-state index is 10.8. The summed E-state index contributed by atoms with van der Waals surface area (Å²) >= 11 is 5.45. The Morgan fingerprint density at radius 3 is 2.53 bits per heavy atom. The summed E-state index contributed by atoms with van der Waals surface area (Å²) in [6.45, 7) is 0. The van der Waals surface area contributed by atoms with Gasteiger partial charge in [-0.1, -0.05) is 0 Å². The molecule has 0 amide bonds. The summed E-state index contributed by atoms with van der Waals surface area (Å²) in [5, 5.41) is 28.2. The summed E-state index contributed by atoms with van der Waals surface area (Å²) in [5.41, 5.74) is 5.98. The highest BCUT2D eigenvalue weighted by molar-refractivity contribution is 6.17. The maximum Gasteiger partial charge on any atom is 0.335 e. The van der Waals surface area contributed by atoms with Crippen LogP contribution in [-0.2, 0) is 0 Å². The molecule has 0 aliphatic rings. The quantitative estimate of drug-likeness (QED) is 0.466. The van der Waals surface area contributed by atoms with Crippen LogP contribution in [-0.4, -0.2) is 33.3 Å². The number of halogens is 1. The van der Waals surface area contributed by atoms with Gasteiger partial charge in [-0.3, -0.25) is 0 Å². The van der Waals surface area contributed by atoms with Crippen LogP contribution in [0.1, 0.15) is 28.4 Å². The van der Waals surface area contributed by atoms with E-state index in [4.69, 9.17) is 22.4 Å². The van der Waals surface area contributed by atoms with Crippen molar-refractivity contribution in [1.29, 1.82) is 0 Å². The van der Waals surface area contributed by atoms with Crippen LogP contribution in [0.25, 0.3) is 0 Å². The van der Waals surface area contributed by atoms with Crippen LogP contribution in [0.15, 0.2) is 18.2 Å². The monoisotopic (exact) mass is 259 g/mol. The van der Waals surface area contributed by atoms with E-state index in [0.29, 0.717) is 0 Å². The number of anilines is 1. The molecule has 0 saturated carbocycles. The number of benzene rings is 1. The van der Waals surface area contributed by atoms with E-state index in [1.54, 1.807) is 0 Å². The molecule has 1 aromatic carbocycles. The molecule has 6 heteroatoms. The van der Waals surface area contributed by atoms with Gasteiger partial charge in [-0.2, -0.15) is 0 Å².